The molecule has 2 amide bonds. The van der Waals surface area contributed by atoms with Crippen LogP contribution in [0.1, 0.15) is 36.8 Å². The molecule has 0 saturated heterocycles. The van der Waals surface area contributed by atoms with Crippen molar-refractivity contribution in [1.29, 1.82) is 5.26 Å². The van der Waals surface area contributed by atoms with Crippen LogP contribution < -0.4 is 11.1 Å². The first-order valence-electron chi connectivity index (χ1n) is 7.36. The Hall–Kier alpha value is -2.56. The van der Waals surface area contributed by atoms with Gasteiger partial charge in [0.1, 0.15) is 6.04 Å². The monoisotopic (exact) mass is 341 g/mol. The number of hydrogen-bond acceptors (Lipinski definition) is 3. The number of rotatable bonds is 8. The number of alkyl halides is 3. The van der Waals surface area contributed by atoms with Crippen molar-refractivity contribution in [2.75, 3.05) is 0 Å². The largest absolute Gasteiger partial charge is 0.416 e. The Morgan fingerprint density at radius 3 is 2.33 bits per heavy atom. The number of primary amides is 1. The lowest BCUT2D eigenvalue weighted by molar-refractivity contribution is -0.137. The lowest BCUT2D eigenvalue weighted by Gasteiger charge is -2.15. The molecule has 130 valence electrons. The lowest BCUT2D eigenvalue weighted by Crippen LogP contribution is -2.44. The van der Waals surface area contributed by atoms with E-state index in [0.29, 0.717) is 31.2 Å². The Bertz CT molecular complexity index is 606. The van der Waals surface area contributed by atoms with E-state index >= 15 is 0 Å². The summed E-state index contributed by atoms with van der Waals surface area (Å²) in [4.78, 5) is 23.2. The first kappa shape index (κ1) is 19.5. The van der Waals surface area contributed by atoms with Crippen molar-refractivity contribution < 1.29 is 22.8 Å². The van der Waals surface area contributed by atoms with Gasteiger partial charge in [0.05, 0.1) is 18.1 Å². The Kier molecular flexibility index (Phi) is 7.24. The molecule has 1 atom stereocenters. The second kappa shape index (κ2) is 8.91. The van der Waals surface area contributed by atoms with Gasteiger partial charge in [0, 0.05) is 6.42 Å². The molecule has 0 fully saturated rings. The van der Waals surface area contributed by atoms with Crippen molar-refractivity contribution in [2.45, 2.75) is 44.3 Å². The van der Waals surface area contributed by atoms with E-state index in [1.54, 1.807) is 0 Å². The predicted octanol–water partition coefficient (Wildman–Crippen LogP) is 2.30. The van der Waals surface area contributed by atoms with Crippen molar-refractivity contribution in [3.05, 3.63) is 35.4 Å². The average Bonchev–Trinajstić information content (AvgIpc) is 2.49. The number of hydrogen-bond donors (Lipinski definition) is 2. The van der Waals surface area contributed by atoms with Crippen molar-refractivity contribution in [3.63, 3.8) is 0 Å². The summed E-state index contributed by atoms with van der Waals surface area (Å²) in [7, 11) is 0. The summed E-state index contributed by atoms with van der Waals surface area (Å²) < 4.78 is 37.4. The molecular weight excluding hydrogens is 323 g/mol. The van der Waals surface area contributed by atoms with Gasteiger partial charge in [-0.3, -0.25) is 9.59 Å². The Morgan fingerprint density at radius 1 is 1.21 bits per heavy atom. The fourth-order valence-corrected chi connectivity index (χ4v) is 2.08. The quantitative estimate of drug-likeness (QED) is 0.710. The zero-order valence-electron chi connectivity index (χ0n) is 12.9. The van der Waals surface area contributed by atoms with Gasteiger partial charge < -0.3 is 11.1 Å². The molecular formula is C16H18F3N3O2. The van der Waals surface area contributed by atoms with E-state index in [1.165, 1.54) is 12.1 Å². The zero-order valence-corrected chi connectivity index (χ0v) is 12.9. The van der Waals surface area contributed by atoms with Gasteiger partial charge >= 0.3 is 6.18 Å². The topological polar surface area (TPSA) is 96.0 Å². The summed E-state index contributed by atoms with van der Waals surface area (Å²) in [5.41, 5.74) is 4.82. The molecule has 1 aromatic carbocycles. The maximum atomic E-state index is 12.5. The van der Waals surface area contributed by atoms with Crippen LogP contribution in [0.2, 0.25) is 0 Å². The van der Waals surface area contributed by atoms with Gasteiger partial charge in [-0.2, -0.15) is 18.4 Å². The Balaban J connectivity index is 2.56. The fourth-order valence-electron chi connectivity index (χ4n) is 2.08. The molecule has 24 heavy (non-hydrogen) atoms. The molecule has 5 nitrogen and oxygen atoms in total. The number of nitriles is 1. The number of amides is 2. The average molecular weight is 341 g/mol. The molecule has 0 unspecified atom stereocenters. The Morgan fingerprint density at radius 2 is 1.83 bits per heavy atom. The molecule has 0 saturated carbocycles. The fraction of sp³-hybridized carbons (Fsp3) is 0.438. The van der Waals surface area contributed by atoms with Crippen LogP contribution in [0, 0.1) is 11.3 Å². The molecule has 0 radical (unpaired) electrons. The van der Waals surface area contributed by atoms with E-state index in [0.717, 1.165) is 12.1 Å². The van der Waals surface area contributed by atoms with Crippen LogP contribution in [-0.4, -0.2) is 17.9 Å². The third-order valence-corrected chi connectivity index (χ3v) is 3.36. The van der Waals surface area contributed by atoms with Crippen LogP contribution in [0.4, 0.5) is 13.2 Å². The van der Waals surface area contributed by atoms with Crippen LogP contribution in [-0.2, 0) is 22.2 Å². The molecule has 0 aliphatic heterocycles. The highest BCUT2D eigenvalue weighted by Crippen LogP contribution is 2.29. The summed E-state index contributed by atoms with van der Waals surface area (Å²) in [5.74, 6) is -1.19. The standard InChI is InChI=1S/C16H18F3N3O2/c17-16(18,19)12-7-5-11(6-8-12)10-14(23)22-13(15(21)24)4-2-1-3-9-20/h5-8,13H,1-4,10H2,(H2,21,24)(H,22,23)/t13-/m0/s1. The van der Waals surface area contributed by atoms with E-state index in [-0.39, 0.29) is 6.42 Å². The van der Waals surface area contributed by atoms with E-state index in [1.807, 2.05) is 6.07 Å². The number of unbranched alkanes of at least 4 members (excludes halogenated alkanes) is 2. The third-order valence-electron chi connectivity index (χ3n) is 3.36. The van der Waals surface area contributed by atoms with Gasteiger partial charge in [0.15, 0.2) is 0 Å². The van der Waals surface area contributed by atoms with Crippen LogP contribution >= 0.6 is 0 Å². The second-order valence-corrected chi connectivity index (χ2v) is 5.30. The van der Waals surface area contributed by atoms with E-state index in [4.69, 9.17) is 11.0 Å². The van der Waals surface area contributed by atoms with E-state index < -0.39 is 29.6 Å². The normalized spacial score (nSPS) is 12.2. The number of carbonyl (C=O) groups is 2. The highest BCUT2D eigenvalue weighted by atomic mass is 19.4. The van der Waals surface area contributed by atoms with Gasteiger partial charge in [0.25, 0.3) is 0 Å². The minimum absolute atomic E-state index is 0.153. The molecule has 0 aliphatic carbocycles. The number of halogens is 3. The minimum Gasteiger partial charge on any atom is -0.368 e. The number of carbonyl (C=O) groups excluding carboxylic acids is 2. The van der Waals surface area contributed by atoms with Gasteiger partial charge in [0.2, 0.25) is 11.8 Å². The highest BCUT2D eigenvalue weighted by Gasteiger charge is 2.30. The summed E-state index contributed by atoms with van der Waals surface area (Å²) >= 11 is 0. The van der Waals surface area contributed by atoms with Gasteiger partial charge in [-0.15, -0.1) is 0 Å². The first-order chi connectivity index (χ1) is 11.2. The number of benzene rings is 1. The molecule has 0 spiro atoms. The number of nitrogens with two attached hydrogens (primary N) is 1. The SMILES string of the molecule is N#CCCCC[C@H](NC(=O)Cc1ccc(C(F)(F)F)cc1)C(N)=O. The van der Waals surface area contributed by atoms with Gasteiger partial charge in [-0.1, -0.05) is 12.1 Å². The van der Waals surface area contributed by atoms with Crippen molar-refractivity contribution >= 4 is 11.8 Å². The number of nitrogens with zero attached hydrogens (tertiary/aromatic N) is 1. The van der Waals surface area contributed by atoms with Crippen LogP contribution in [0.25, 0.3) is 0 Å². The van der Waals surface area contributed by atoms with E-state index in [2.05, 4.69) is 5.32 Å². The molecule has 3 N–H and O–H groups in total. The molecule has 1 aromatic rings. The number of nitrogens with one attached hydrogen (secondary N) is 1. The minimum atomic E-state index is -4.43. The third kappa shape index (κ3) is 6.69. The highest BCUT2D eigenvalue weighted by molar-refractivity contribution is 5.87. The Labute approximate surface area is 137 Å². The lowest BCUT2D eigenvalue weighted by atomic mass is 10.1. The van der Waals surface area contributed by atoms with Crippen molar-refractivity contribution in [1.82, 2.24) is 5.32 Å². The van der Waals surface area contributed by atoms with Gasteiger partial charge in [-0.25, -0.2) is 0 Å². The molecule has 0 bridgehead atoms. The zero-order chi connectivity index (χ0) is 18.2. The maximum absolute atomic E-state index is 12.5. The summed E-state index contributed by atoms with van der Waals surface area (Å²) in [6.07, 6.45) is -2.76. The predicted molar refractivity (Wildman–Crippen MR) is 80.4 cm³/mol. The summed E-state index contributed by atoms with van der Waals surface area (Å²) in [6, 6.07) is 5.35. The molecule has 0 aliphatic rings. The molecule has 0 heterocycles. The summed E-state index contributed by atoms with van der Waals surface area (Å²) in [5, 5.41) is 10.9. The first-order valence-corrected chi connectivity index (χ1v) is 7.36. The molecule has 8 heteroatoms. The van der Waals surface area contributed by atoms with Crippen molar-refractivity contribution in [3.8, 4) is 6.07 Å². The molecule has 0 aromatic heterocycles. The summed E-state index contributed by atoms with van der Waals surface area (Å²) in [6.45, 7) is 0. The van der Waals surface area contributed by atoms with E-state index in [9.17, 15) is 22.8 Å². The van der Waals surface area contributed by atoms with Crippen LogP contribution in [0.5, 0.6) is 0 Å². The maximum Gasteiger partial charge on any atom is 0.416 e. The van der Waals surface area contributed by atoms with Crippen LogP contribution in [0.15, 0.2) is 24.3 Å². The second-order valence-electron chi connectivity index (χ2n) is 5.30. The van der Waals surface area contributed by atoms with Gasteiger partial charge in [-0.05, 0) is 37.0 Å². The van der Waals surface area contributed by atoms with Crippen LogP contribution in [0.3, 0.4) is 0 Å². The molecule has 1 rings (SSSR count). The van der Waals surface area contributed by atoms with Crippen molar-refractivity contribution in [2.24, 2.45) is 5.73 Å². The smallest absolute Gasteiger partial charge is 0.368 e.